The molecule has 2 rings (SSSR count). The van der Waals surface area contributed by atoms with E-state index in [-0.39, 0.29) is 6.10 Å². The summed E-state index contributed by atoms with van der Waals surface area (Å²) in [4.78, 5) is 2.24. The van der Waals surface area contributed by atoms with Crippen molar-refractivity contribution >= 4 is 11.6 Å². The fourth-order valence-electron chi connectivity index (χ4n) is 2.16. The summed E-state index contributed by atoms with van der Waals surface area (Å²) in [5.74, 6) is 1.14. The zero-order valence-electron chi connectivity index (χ0n) is 10.7. The molecule has 18 heavy (non-hydrogen) atoms. The molecule has 1 N–H and O–H groups in total. The summed E-state index contributed by atoms with van der Waals surface area (Å²) in [5.41, 5.74) is 0. The third-order valence-electron chi connectivity index (χ3n) is 3.50. The van der Waals surface area contributed by atoms with Gasteiger partial charge in [-0.25, -0.2) is 0 Å². The highest BCUT2D eigenvalue weighted by Crippen LogP contribution is 2.23. The van der Waals surface area contributed by atoms with Gasteiger partial charge in [-0.05, 0) is 31.0 Å². The lowest BCUT2D eigenvalue weighted by Crippen LogP contribution is -2.44. The van der Waals surface area contributed by atoms with Gasteiger partial charge in [0.2, 0.25) is 0 Å². The molecule has 100 valence electrons. The molecule has 1 aromatic rings. The minimum atomic E-state index is -0.209. The monoisotopic (exact) mass is 269 g/mol. The molecule has 1 aliphatic heterocycles. The quantitative estimate of drug-likeness (QED) is 0.911. The van der Waals surface area contributed by atoms with Crippen LogP contribution in [0.4, 0.5) is 0 Å². The van der Waals surface area contributed by atoms with E-state index in [9.17, 15) is 5.11 Å². The second-order valence-electron chi connectivity index (χ2n) is 4.91. The Morgan fingerprint density at radius 3 is 2.94 bits per heavy atom. The molecular weight excluding hydrogens is 250 g/mol. The van der Waals surface area contributed by atoms with Gasteiger partial charge in [-0.2, -0.15) is 0 Å². The number of piperidine rings is 1. The summed E-state index contributed by atoms with van der Waals surface area (Å²) < 4.78 is 5.65. The number of ether oxygens (including phenoxy) is 1. The van der Waals surface area contributed by atoms with Gasteiger partial charge in [-0.3, -0.25) is 4.90 Å². The minimum absolute atomic E-state index is 0.209. The number of hydrogen-bond donors (Lipinski definition) is 1. The molecule has 1 fully saturated rings. The number of para-hydroxylation sites is 1. The summed E-state index contributed by atoms with van der Waals surface area (Å²) >= 11 is 6.01. The maximum atomic E-state index is 9.80. The number of β-amino-alcohol motifs (C(OH)–C–C–N with tert-alkyl or cyclic N) is 1. The highest BCUT2D eigenvalue weighted by Gasteiger charge is 2.23. The van der Waals surface area contributed by atoms with Crippen LogP contribution in [0.1, 0.15) is 13.3 Å². The maximum Gasteiger partial charge on any atom is 0.137 e. The molecule has 1 aliphatic rings. The Balaban J connectivity index is 1.74. The molecule has 0 amide bonds. The van der Waals surface area contributed by atoms with E-state index in [1.54, 1.807) is 0 Å². The molecule has 4 heteroatoms. The van der Waals surface area contributed by atoms with Crippen LogP contribution in [0, 0.1) is 5.92 Å². The molecule has 0 saturated carbocycles. The summed E-state index contributed by atoms with van der Waals surface area (Å²) in [6, 6.07) is 7.49. The Bertz CT molecular complexity index is 386. The number of benzene rings is 1. The van der Waals surface area contributed by atoms with Gasteiger partial charge in [0, 0.05) is 13.1 Å². The molecule has 0 aromatic heterocycles. The smallest absolute Gasteiger partial charge is 0.137 e. The Morgan fingerprint density at radius 2 is 2.22 bits per heavy atom. The number of halogens is 1. The average Bonchev–Trinajstić information content (AvgIpc) is 2.36. The van der Waals surface area contributed by atoms with E-state index in [4.69, 9.17) is 16.3 Å². The van der Waals surface area contributed by atoms with Crippen LogP contribution >= 0.6 is 11.6 Å². The molecule has 0 radical (unpaired) electrons. The van der Waals surface area contributed by atoms with Crippen LogP contribution in [-0.2, 0) is 0 Å². The Morgan fingerprint density at radius 1 is 1.44 bits per heavy atom. The largest absolute Gasteiger partial charge is 0.491 e. The average molecular weight is 270 g/mol. The van der Waals surface area contributed by atoms with Crippen LogP contribution in [0.5, 0.6) is 5.75 Å². The van der Waals surface area contributed by atoms with Gasteiger partial charge in [-0.1, -0.05) is 30.7 Å². The van der Waals surface area contributed by atoms with Crippen LogP contribution in [-0.4, -0.2) is 42.4 Å². The minimum Gasteiger partial charge on any atom is -0.491 e. The Labute approximate surface area is 113 Å². The lowest BCUT2D eigenvalue weighted by atomic mass is 9.96. The molecule has 0 spiro atoms. The van der Waals surface area contributed by atoms with Gasteiger partial charge in [-0.15, -0.1) is 0 Å². The Kier molecular flexibility index (Phi) is 4.87. The zero-order valence-corrected chi connectivity index (χ0v) is 11.4. The van der Waals surface area contributed by atoms with Crippen molar-refractivity contribution in [2.75, 3.05) is 26.2 Å². The molecule has 3 nitrogen and oxygen atoms in total. The van der Waals surface area contributed by atoms with Crippen molar-refractivity contribution in [1.29, 1.82) is 0 Å². The molecule has 0 aliphatic carbocycles. The third-order valence-corrected chi connectivity index (χ3v) is 3.82. The van der Waals surface area contributed by atoms with Gasteiger partial charge >= 0.3 is 0 Å². The lowest BCUT2D eigenvalue weighted by Gasteiger charge is -2.34. The van der Waals surface area contributed by atoms with Crippen molar-refractivity contribution < 1.29 is 9.84 Å². The number of rotatable bonds is 4. The maximum absolute atomic E-state index is 9.80. The lowest BCUT2D eigenvalue weighted by molar-refractivity contribution is 0.0244. The Hall–Kier alpha value is -0.770. The summed E-state index contributed by atoms with van der Waals surface area (Å²) in [6.45, 7) is 5.30. The molecule has 1 aromatic carbocycles. The predicted molar refractivity (Wildman–Crippen MR) is 73.2 cm³/mol. The van der Waals surface area contributed by atoms with Crippen LogP contribution < -0.4 is 4.74 Å². The summed E-state index contributed by atoms with van der Waals surface area (Å²) in [6.07, 6.45) is 0.840. The first-order valence-corrected chi connectivity index (χ1v) is 6.82. The van der Waals surface area contributed by atoms with Gasteiger partial charge in [0.05, 0.1) is 11.1 Å². The SMILES string of the molecule is CC1CCN(CCOc2ccccc2Cl)CC1O. The molecule has 0 bridgehead atoms. The fraction of sp³-hybridized carbons (Fsp3) is 0.571. The summed E-state index contributed by atoms with van der Waals surface area (Å²) in [7, 11) is 0. The number of hydrogen-bond acceptors (Lipinski definition) is 3. The van der Waals surface area contributed by atoms with E-state index in [0.717, 1.165) is 31.8 Å². The van der Waals surface area contributed by atoms with E-state index in [2.05, 4.69) is 11.8 Å². The van der Waals surface area contributed by atoms with Crippen LogP contribution in [0.15, 0.2) is 24.3 Å². The van der Waals surface area contributed by atoms with Crippen molar-refractivity contribution in [3.8, 4) is 5.75 Å². The first-order chi connectivity index (χ1) is 8.66. The van der Waals surface area contributed by atoms with Gasteiger partial charge in [0.1, 0.15) is 12.4 Å². The molecule has 1 saturated heterocycles. The highest BCUT2D eigenvalue weighted by molar-refractivity contribution is 6.32. The predicted octanol–water partition coefficient (Wildman–Crippen LogP) is 2.42. The van der Waals surface area contributed by atoms with E-state index in [0.29, 0.717) is 17.5 Å². The van der Waals surface area contributed by atoms with Crippen molar-refractivity contribution in [2.24, 2.45) is 5.92 Å². The number of likely N-dealkylation sites (tertiary alicyclic amines) is 1. The number of nitrogens with zero attached hydrogens (tertiary/aromatic N) is 1. The molecule has 2 atom stereocenters. The normalized spacial score (nSPS) is 25.1. The van der Waals surface area contributed by atoms with Crippen LogP contribution in [0.25, 0.3) is 0 Å². The van der Waals surface area contributed by atoms with Crippen molar-refractivity contribution in [1.82, 2.24) is 4.90 Å². The van der Waals surface area contributed by atoms with Crippen molar-refractivity contribution in [3.05, 3.63) is 29.3 Å². The second kappa shape index (κ2) is 6.41. The second-order valence-corrected chi connectivity index (χ2v) is 5.32. The molecule has 1 heterocycles. The highest BCUT2D eigenvalue weighted by atomic mass is 35.5. The third kappa shape index (κ3) is 3.61. The standard InChI is InChI=1S/C14H20ClNO2/c1-11-6-7-16(10-13(11)17)8-9-18-14-5-3-2-4-12(14)15/h2-5,11,13,17H,6-10H2,1H3. The zero-order chi connectivity index (χ0) is 13.0. The van der Waals surface area contributed by atoms with Crippen molar-refractivity contribution in [2.45, 2.75) is 19.4 Å². The molecular formula is C14H20ClNO2. The molecule has 2 unspecified atom stereocenters. The number of aliphatic hydroxyl groups is 1. The van der Waals surface area contributed by atoms with E-state index >= 15 is 0 Å². The van der Waals surface area contributed by atoms with Crippen LogP contribution in [0.3, 0.4) is 0 Å². The van der Waals surface area contributed by atoms with Crippen molar-refractivity contribution in [3.63, 3.8) is 0 Å². The van der Waals surface area contributed by atoms with E-state index in [1.165, 1.54) is 0 Å². The summed E-state index contributed by atoms with van der Waals surface area (Å²) in [5, 5.41) is 10.4. The van der Waals surface area contributed by atoms with Gasteiger partial charge in [0.15, 0.2) is 0 Å². The first kappa shape index (κ1) is 13.7. The number of aliphatic hydroxyl groups excluding tert-OH is 1. The van der Waals surface area contributed by atoms with Gasteiger partial charge < -0.3 is 9.84 Å². The fourth-order valence-corrected chi connectivity index (χ4v) is 2.35. The van der Waals surface area contributed by atoms with Crippen LogP contribution in [0.2, 0.25) is 5.02 Å². The topological polar surface area (TPSA) is 32.7 Å². The van der Waals surface area contributed by atoms with Gasteiger partial charge in [0.25, 0.3) is 0 Å². The first-order valence-electron chi connectivity index (χ1n) is 6.44. The van der Waals surface area contributed by atoms with E-state index in [1.807, 2.05) is 24.3 Å². The van der Waals surface area contributed by atoms with E-state index < -0.39 is 0 Å².